The van der Waals surface area contributed by atoms with Gasteiger partial charge in [0.2, 0.25) is 0 Å². The Hall–Kier alpha value is -0.0800. The van der Waals surface area contributed by atoms with E-state index < -0.39 is 0 Å². The van der Waals surface area contributed by atoms with E-state index in [4.69, 9.17) is 5.73 Å². The Kier molecular flexibility index (Phi) is 5.08. The second-order valence-corrected chi connectivity index (χ2v) is 7.23. The minimum absolute atomic E-state index is 0.651. The average molecular weight is 252 g/mol. The number of nitrogens with zero attached hydrogens (tertiary/aromatic N) is 1. The lowest BCUT2D eigenvalue weighted by atomic mass is 9.77. The monoisotopic (exact) mass is 252 g/mol. The van der Waals surface area contributed by atoms with Gasteiger partial charge in [0.15, 0.2) is 0 Å². The Morgan fingerprint density at radius 3 is 2.22 bits per heavy atom. The summed E-state index contributed by atoms with van der Waals surface area (Å²) in [5.74, 6) is 3.47. The SMILES string of the molecule is CC1CCCC(C(CN)N2CC(C)CC(C)C2)C1. The van der Waals surface area contributed by atoms with Crippen LogP contribution in [0.4, 0.5) is 0 Å². The fraction of sp³-hybridized carbons (Fsp3) is 1.00. The Morgan fingerprint density at radius 1 is 1.00 bits per heavy atom. The summed E-state index contributed by atoms with van der Waals surface area (Å²) in [7, 11) is 0. The molecule has 0 aromatic carbocycles. The molecule has 1 heterocycles. The number of nitrogens with two attached hydrogens (primary N) is 1. The predicted molar refractivity (Wildman–Crippen MR) is 78.5 cm³/mol. The average Bonchev–Trinajstić information content (AvgIpc) is 2.28. The molecule has 0 aromatic rings. The Balaban J connectivity index is 1.98. The molecule has 2 N–H and O–H groups in total. The van der Waals surface area contributed by atoms with E-state index >= 15 is 0 Å². The van der Waals surface area contributed by atoms with Crippen molar-refractivity contribution in [2.45, 2.75) is 58.9 Å². The van der Waals surface area contributed by atoms with E-state index in [2.05, 4.69) is 25.7 Å². The van der Waals surface area contributed by atoms with Crippen LogP contribution < -0.4 is 5.73 Å². The van der Waals surface area contributed by atoms with E-state index in [-0.39, 0.29) is 0 Å². The summed E-state index contributed by atoms with van der Waals surface area (Å²) in [5.41, 5.74) is 6.13. The smallest absolute Gasteiger partial charge is 0.0246 e. The lowest BCUT2D eigenvalue weighted by Gasteiger charge is -2.44. The minimum Gasteiger partial charge on any atom is -0.329 e. The van der Waals surface area contributed by atoms with E-state index in [1.807, 2.05) is 0 Å². The van der Waals surface area contributed by atoms with Crippen molar-refractivity contribution in [2.75, 3.05) is 19.6 Å². The maximum Gasteiger partial charge on any atom is 0.0246 e. The first kappa shape index (κ1) is 14.3. The zero-order valence-electron chi connectivity index (χ0n) is 12.6. The highest BCUT2D eigenvalue weighted by Crippen LogP contribution is 2.34. The van der Waals surface area contributed by atoms with Gasteiger partial charge in [0.1, 0.15) is 0 Å². The van der Waals surface area contributed by atoms with Crippen LogP contribution in [0.2, 0.25) is 0 Å². The molecule has 1 aliphatic heterocycles. The van der Waals surface area contributed by atoms with Gasteiger partial charge in [-0.3, -0.25) is 4.90 Å². The Morgan fingerprint density at radius 2 is 1.67 bits per heavy atom. The molecule has 2 rings (SSSR count). The lowest BCUT2D eigenvalue weighted by molar-refractivity contribution is 0.0506. The van der Waals surface area contributed by atoms with Gasteiger partial charge in [-0.15, -0.1) is 0 Å². The molecule has 0 radical (unpaired) electrons. The molecule has 1 aliphatic carbocycles. The van der Waals surface area contributed by atoms with Gasteiger partial charge in [0.05, 0.1) is 0 Å². The molecule has 18 heavy (non-hydrogen) atoms. The van der Waals surface area contributed by atoms with E-state index in [0.717, 1.165) is 30.2 Å². The molecule has 2 nitrogen and oxygen atoms in total. The van der Waals surface area contributed by atoms with E-state index in [0.29, 0.717) is 6.04 Å². The third-order valence-electron chi connectivity index (χ3n) is 5.13. The summed E-state index contributed by atoms with van der Waals surface area (Å²) >= 11 is 0. The minimum atomic E-state index is 0.651. The molecule has 5 atom stereocenters. The van der Waals surface area contributed by atoms with Gasteiger partial charge >= 0.3 is 0 Å². The number of hydrogen-bond acceptors (Lipinski definition) is 2. The van der Waals surface area contributed by atoms with Crippen molar-refractivity contribution in [3.8, 4) is 0 Å². The van der Waals surface area contributed by atoms with Crippen molar-refractivity contribution in [1.82, 2.24) is 4.90 Å². The van der Waals surface area contributed by atoms with Crippen molar-refractivity contribution < 1.29 is 0 Å². The van der Waals surface area contributed by atoms with Gasteiger partial charge in [0.25, 0.3) is 0 Å². The molecule has 1 saturated carbocycles. The molecular weight excluding hydrogens is 220 g/mol. The van der Waals surface area contributed by atoms with Crippen LogP contribution in [0.15, 0.2) is 0 Å². The fourth-order valence-corrected chi connectivity index (χ4v) is 4.45. The van der Waals surface area contributed by atoms with E-state index in [1.165, 1.54) is 45.2 Å². The first-order valence-corrected chi connectivity index (χ1v) is 8.04. The standard InChI is InChI=1S/C16H32N2/c1-12-5-4-6-15(8-12)16(9-17)18-10-13(2)7-14(3)11-18/h12-16H,4-11,17H2,1-3H3. The van der Waals surface area contributed by atoms with Crippen LogP contribution in [0, 0.1) is 23.7 Å². The van der Waals surface area contributed by atoms with Crippen LogP contribution in [-0.4, -0.2) is 30.6 Å². The summed E-state index contributed by atoms with van der Waals surface area (Å²) in [4.78, 5) is 2.72. The maximum absolute atomic E-state index is 6.13. The van der Waals surface area contributed by atoms with Crippen LogP contribution in [0.5, 0.6) is 0 Å². The van der Waals surface area contributed by atoms with E-state index in [1.54, 1.807) is 0 Å². The highest BCUT2D eigenvalue weighted by molar-refractivity contribution is 4.87. The van der Waals surface area contributed by atoms with Crippen LogP contribution in [0.1, 0.15) is 52.9 Å². The lowest BCUT2D eigenvalue weighted by Crippen LogP contribution is -2.52. The summed E-state index contributed by atoms with van der Waals surface area (Å²) in [6.45, 7) is 10.6. The van der Waals surface area contributed by atoms with Gasteiger partial charge in [-0.25, -0.2) is 0 Å². The number of likely N-dealkylation sites (tertiary alicyclic amines) is 1. The van der Waals surface area contributed by atoms with Crippen molar-refractivity contribution in [3.05, 3.63) is 0 Å². The van der Waals surface area contributed by atoms with Gasteiger partial charge in [-0.2, -0.15) is 0 Å². The zero-order valence-corrected chi connectivity index (χ0v) is 12.6. The molecule has 2 fully saturated rings. The van der Waals surface area contributed by atoms with Crippen LogP contribution in [0.25, 0.3) is 0 Å². The molecule has 0 bridgehead atoms. The van der Waals surface area contributed by atoms with Gasteiger partial charge in [-0.05, 0) is 42.9 Å². The van der Waals surface area contributed by atoms with Crippen molar-refractivity contribution >= 4 is 0 Å². The Bertz CT molecular complexity index is 243. The van der Waals surface area contributed by atoms with Gasteiger partial charge in [0, 0.05) is 25.7 Å². The second kappa shape index (κ2) is 6.38. The van der Waals surface area contributed by atoms with Crippen molar-refractivity contribution in [1.29, 1.82) is 0 Å². The van der Waals surface area contributed by atoms with Crippen molar-refractivity contribution in [2.24, 2.45) is 29.4 Å². The Labute approximate surface area is 113 Å². The number of piperidine rings is 1. The van der Waals surface area contributed by atoms with Gasteiger partial charge < -0.3 is 5.73 Å². The molecule has 106 valence electrons. The third-order valence-corrected chi connectivity index (χ3v) is 5.13. The summed E-state index contributed by atoms with van der Waals surface area (Å²) in [6.07, 6.45) is 7.06. The topological polar surface area (TPSA) is 29.3 Å². The second-order valence-electron chi connectivity index (χ2n) is 7.23. The highest BCUT2D eigenvalue weighted by Gasteiger charge is 2.33. The molecule has 1 saturated heterocycles. The van der Waals surface area contributed by atoms with Crippen LogP contribution >= 0.6 is 0 Å². The maximum atomic E-state index is 6.13. The molecule has 2 aliphatic rings. The quantitative estimate of drug-likeness (QED) is 0.836. The largest absolute Gasteiger partial charge is 0.329 e. The van der Waals surface area contributed by atoms with E-state index in [9.17, 15) is 0 Å². The summed E-state index contributed by atoms with van der Waals surface area (Å²) in [5, 5.41) is 0. The predicted octanol–water partition coefficient (Wildman–Crippen LogP) is 3.12. The number of hydrogen-bond donors (Lipinski definition) is 1. The first-order chi connectivity index (χ1) is 8.60. The van der Waals surface area contributed by atoms with Crippen LogP contribution in [0.3, 0.4) is 0 Å². The molecule has 2 heteroatoms. The summed E-state index contributed by atoms with van der Waals surface area (Å²) < 4.78 is 0. The fourth-order valence-electron chi connectivity index (χ4n) is 4.45. The van der Waals surface area contributed by atoms with Gasteiger partial charge in [-0.1, -0.05) is 33.6 Å². The molecule has 0 aromatic heterocycles. The molecule has 5 unspecified atom stereocenters. The molecule has 0 amide bonds. The third kappa shape index (κ3) is 3.48. The number of rotatable bonds is 3. The normalized spacial score (nSPS) is 40.7. The highest BCUT2D eigenvalue weighted by atomic mass is 15.2. The van der Waals surface area contributed by atoms with Crippen LogP contribution in [-0.2, 0) is 0 Å². The molecule has 0 spiro atoms. The first-order valence-electron chi connectivity index (χ1n) is 8.04. The summed E-state index contributed by atoms with van der Waals surface area (Å²) in [6, 6.07) is 0.651. The zero-order chi connectivity index (χ0) is 13.1. The molecular formula is C16H32N2. The van der Waals surface area contributed by atoms with Crippen molar-refractivity contribution in [3.63, 3.8) is 0 Å².